The molecule has 1 aliphatic carbocycles. The van der Waals surface area contributed by atoms with Gasteiger partial charge in [0.1, 0.15) is 11.7 Å². The number of alkyl halides is 5. The van der Waals surface area contributed by atoms with Crippen LogP contribution >= 0.6 is 0 Å². The molecule has 4 heterocycles. The Labute approximate surface area is 229 Å². The number of methoxy groups -OCH3 is 1. The summed E-state index contributed by atoms with van der Waals surface area (Å²) in [6.07, 6.45) is -1.98. The summed E-state index contributed by atoms with van der Waals surface area (Å²) >= 11 is 0. The molecule has 0 spiro atoms. The van der Waals surface area contributed by atoms with Crippen LogP contribution in [0, 0.1) is 5.92 Å². The lowest BCUT2D eigenvalue weighted by Gasteiger charge is -2.32. The number of carbonyl (C=O) groups excluding carboxylic acids is 2. The van der Waals surface area contributed by atoms with Crippen molar-refractivity contribution in [3.63, 3.8) is 0 Å². The van der Waals surface area contributed by atoms with Crippen molar-refractivity contribution in [1.82, 2.24) is 35.1 Å². The highest BCUT2D eigenvalue weighted by Crippen LogP contribution is 2.45. The molecule has 41 heavy (non-hydrogen) atoms. The van der Waals surface area contributed by atoms with Gasteiger partial charge in [-0.3, -0.25) is 4.79 Å². The summed E-state index contributed by atoms with van der Waals surface area (Å²) in [4.78, 5) is 30.2. The van der Waals surface area contributed by atoms with Crippen molar-refractivity contribution in [3.8, 4) is 0 Å². The largest absolute Gasteiger partial charge is 0.410 e. The Morgan fingerprint density at radius 3 is 2.66 bits per heavy atom. The quantitative estimate of drug-likeness (QED) is 0.363. The normalized spacial score (nSPS) is 21.3. The molecule has 3 atom stereocenters. The predicted octanol–water partition coefficient (Wildman–Crippen LogP) is 3.20. The van der Waals surface area contributed by atoms with Gasteiger partial charge >= 0.3 is 12.2 Å². The van der Waals surface area contributed by atoms with E-state index in [1.807, 2.05) is 5.32 Å². The number of carbonyl (C=O) groups is 2. The lowest BCUT2D eigenvalue weighted by atomic mass is 9.75. The van der Waals surface area contributed by atoms with E-state index in [4.69, 9.17) is 15.1 Å². The van der Waals surface area contributed by atoms with E-state index < -0.39 is 54.5 Å². The zero-order valence-corrected chi connectivity index (χ0v) is 21.8. The van der Waals surface area contributed by atoms with Crippen LogP contribution in [0.15, 0.2) is 23.1 Å². The lowest BCUT2D eigenvalue weighted by molar-refractivity contribution is -0.150. The molecular weight excluding hydrogens is 559 g/mol. The molecule has 3 aromatic heterocycles. The molecule has 222 valence electrons. The second kappa shape index (κ2) is 10.8. The number of hydrogen-bond donors (Lipinski definition) is 2. The van der Waals surface area contributed by atoms with E-state index in [1.165, 1.54) is 17.8 Å². The molecule has 1 aliphatic heterocycles. The summed E-state index contributed by atoms with van der Waals surface area (Å²) in [6.45, 7) is -0.440. The minimum atomic E-state index is -4.62. The molecule has 1 saturated carbocycles. The maximum Gasteiger partial charge on any atom is 0.410 e. The van der Waals surface area contributed by atoms with E-state index in [0.29, 0.717) is 11.3 Å². The number of primary amides is 1. The molecule has 0 bridgehead atoms. The first-order chi connectivity index (χ1) is 19.4. The maximum absolute atomic E-state index is 14.0. The molecule has 1 saturated heterocycles. The number of ether oxygens (including phenoxy) is 1. The number of fused-ring (bicyclic) bond motifs is 1. The van der Waals surface area contributed by atoms with Gasteiger partial charge in [-0.25, -0.2) is 27.7 Å². The molecule has 17 heteroatoms. The molecule has 0 unspecified atom stereocenters. The van der Waals surface area contributed by atoms with Crippen LogP contribution in [0.2, 0.25) is 0 Å². The molecule has 2 fully saturated rings. The van der Waals surface area contributed by atoms with Crippen molar-refractivity contribution < 1.29 is 40.9 Å². The Hall–Kier alpha value is -3.89. The second-order valence-electron chi connectivity index (χ2n) is 10.3. The topological polar surface area (TPSA) is 154 Å². The van der Waals surface area contributed by atoms with Gasteiger partial charge in [0.2, 0.25) is 5.92 Å². The fourth-order valence-electron chi connectivity index (χ4n) is 5.56. The fourth-order valence-corrected chi connectivity index (χ4v) is 5.56. The first-order valence-corrected chi connectivity index (χ1v) is 12.9. The van der Waals surface area contributed by atoms with Crippen LogP contribution in [0.1, 0.15) is 71.5 Å². The third-order valence-corrected chi connectivity index (χ3v) is 7.64. The van der Waals surface area contributed by atoms with Crippen LogP contribution in [-0.4, -0.2) is 80.2 Å². The van der Waals surface area contributed by atoms with Gasteiger partial charge in [-0.1, -0.05) is 5.16 Å². The Morgan fingerprint density at radius 1 is 1.29 bits per heavy atom. The highest BCUT2D eigenvalue weighted by molar-refractivity contribution is 5.91. The van der Waals surface area contributed by atoms with Gasteiger partial charge in [-0.05, 0) is 42.0 Å². The SMILES string of the molecule is COCC[C@H](c1cnn2cc([C@@H](c3nonc3C(N)=O)C3CCC(F)(F)CC3)nc2c1)N1C[C@@H](C(F)(F)F)NC1=O. The Morgan fingerprint density at radius 2 is 2.02 bits per heavy atom. The summed E-state index contributed by atoms with van der Waals surface area (Å²) in [7, 11) is 1.43. The smallest absolute Gasteiger partial charge is 0.385 e. The molecule has 0 radical (unpaired) electrons. The van der Waals surface area contributed by atoms with Gasteiger partial charge < -0.3 is 20.7 Å². The highest BCUT2D eigenvalue weighted by Gasteiger charge is 2.48. The van der Waals surface area contributed by atoms with Gasteiger partial charge in [0.05, 0.1) is 36.6 Å². The first kappa shape index (κ1) is 28.6. The number of rotatable bonds is 9. The number of imidazole rings is 1. The number of halogens is 5. The summed E-state index contributed by atoms with van der Waals surface area (Å²) in [5.41, 5.74) is 6.31. The third-order valence-electron chi connectivity index (χ3n) is 7.64. The van der Waals surface area contributed by atoms with Crippen molar-refractivity contribution in [2.24, 2.45) is 11.7 Å². The minimum Gasteiger partial charge on any atom is -0.385 e. The van der Waals surface area contributed by atoms with Crippen molar-refractivity contribution in [1.29, 1.82) is 0 Å². The molecule has 3 aromatic rings. The van der Waals surface area contributed by atoms with Gasteiger partial charge in [0.15, 0.2) is 11.3 Å². The summed E-state index contributed by atoms with van der Waals surface area (Å²) < 4.78 is 79.2. The van der Waals surface area contributed by atoms with Gasteiger partial charge in [-0.15, -0.1) is 0 Å². The van der Waals surface area contributed by atoms with E-state index in [1.54, 1.807) is 12.3 Å². The molecule has 5 rings (SSSR count). The van der Waals surface area contributed by atoms with Gasteiger partial charge in [0.25, 0.3) is 5.91 Å². The molecule has 3 N–H and O–H groups in total. The number of nitrogens with one attached hydrogen (secondary N) is 1. The minimum absolute atomic E-state index is 0.0706. The monoisotopic (exact) mass is 586 g/mol. The van der Waals surface area contributed by atoms with Crippen LogP contribution in [0.4, 0.5) is 26.7 Å². The zero-order valence-electron chi connectivity index (χ0n) is 21.8. The number of urea groups is 1. The van der Waals surface area contributed by atoms with Crippen LogP contribution < -0.4 is 11.1 Å². The maximum atomic E-state index is 14.0. The lowest BCUT2D eigenvalue weighted by Crippen LogP contribution is -2.40. The zero-order chi connectivity index (χ0) is 29.5. The highest BCUT2D eigenvalue weighted by atomic mass is 19.4. The van der Waals surface area contributed by atoms with Crippen LogP contribution in [0.3, 0.4) is 0 Å². The molecular formula is C24H27F5N8O4. The first-order valence-electron chi connectivity index (χ1n) is 12.9. The predicted molar refractivity (Wildman–Crippen MR) is 129 cm³/mol. The van der Waals surface area contributed by atoms with Crippen LogP contribution in [0.25, 0.3) is 5.65 Å². The van der Waals surface area contributed by atoms with Crippen molar-refractivity contribution in [3.05, 3.63) is 41.1 Å². The number of amides is 3. The van der Waals surface area contributed by atoms with Gasteiger partial charge in [0, 0.05) is 26.6 Å². The van der Waals surface area contributed by atoms with Crippen molar-refractivity contribution in [2.45, 2.75) is 62.2 Å². The van der Waals surface area contributed by atoms with E-state index in [-0.39, 0.29) is 55.7 Å². The number of nitrogens with two attached hydrogens (primary N) is 1. The average Bonchev–Trinajstić information content (AvgIpc) is 3.64. The molecule has 3 amide bonds. The van der Waals surface area contributed by atoms with Crippen molar-refractivity contribution >= 4 is 17.6 Å². The Balaban J connectivity index is 1.51. The summed E-state index contributed by atoms with van der Waals surface area (Å²) in [6, 6.07) is -2.12. The van der Waals surface area contributed by atoms with Crippen LogP contribution in [-0.2, 0) is 4.74 Å². The van der Waals surface area contributed by atoms with Gasteiger partial charge in [-0.2, -0.15) is 18.3 Å². The average molecular weight is 587 g/mol. The fraction of sp³-hybridized carbons (Fsp3) is 0.583. The summed E-state index contributed by atoms with van der Waals surface area (Å²) in [5, 5.41) is 13.8. The number of nitrogens with zero attached hydrogens (tertiary/aromatic N) is 6. The van der Waals surface area contributed by atoms with E-state index in [0.717, 1.165) is 4.90 Å². The molecule has 2 aliphatic rings. The Kier molecular flexibility index (Phi) is 7.56. The number of hydrogen-bond acceptors (Lipinski definition) is 8. The van der Waals surface area contributed by atoms with E-state index in [2.05, 4.69) is 20.4 Å². The number of aromatic nitrogens is 5. The van der Waals surface area contributed by atoms with Crippen LogP contribution in [0.5, 0.6) is 0 Å². The summed E-state index contributed by atoms with van der Waals surface area (Å²) in [5.74, 6) is -4.88. The van der Waals surface area contributed by atoms with Crippen molar-refractivity contribution in [2.75, 3.05) is 20.3 Å². The Bertz CT molecular complexity index is 1420. The van der Waals surface area contributed by atoms with E-state index in [9.17, 15) is 31.5 Å². The standard InChI is InChI=1S/C24H27F5N8O4/c1-40-7-4-15(36-11-16(24(27,28)29)33-22(36)39)13-8-17-32-14(10-37(17)31-9-13)18(12-2-5-23(25,26)6-3-12)19-20(21(30)38)35-41-34-19/h8-10,12,15-16,18H,2-7,11H2,1H3,(H2,30,38)(H,33,39)/t15-,16+,18+/m1/s1. The third kappa shape index (κ3) is 5.80. The molecule has 0 aromatic carbocycles. The van der Waals surface area contributed by atoms with E-state index >= 15 is 0 Å². The molecule has 12 nitrogen and oxygen atoms in total. The second-order valence-corrected chi connectivity index (χ2v) is 10.3.